The smallest absolute Gasteiger partial charge is 0.266 e. The molecular weight excluding hydrogens is 434 g/mol. The summed E-state index contributed by atoms with van der Waals surface area (Å²) in [6, 6.07) is 14.8. The lowest BCUT2D eigenvalue weighted by atomic mass is 10.1. The molecule has 0 aromatic heterocycles. The van der Waals surface area contributed by atoms with Crippen LogP contribution in [0.15, 0.2) is 76.5 Å². The maximum atomic E-state index is 13.1. The molecule has 2 amide bonds. The molecule has 3 aromatic carbocycles. The Balaban J connectivity index is 1.74. The van der Waals surface area contributed by atoms with Crippen LogP contribution in [0.2, 0.25) is 0 Å². The van der Waals surface area contributed by atoms with Crippen LogP contribution < -0.4 is 14.7 Å². The van der Waals surface area contributed by atoms with Gasteiger partial charge in [0.1, 0.15) is 5.75 Å². The van der Waals surface area contributed by atoms with E-state index < -0.39 is 27.6 Å². The molecule has 0 bridgehead atoms. The number of benzene rings is 3. The molecule has 1 heterocycles. The van der Waals surface area contributed by atoms with E-state index in [1.54, 1.807) is 31.2 Å². The molecule has 1 aliphatic heterocycles. The lowest BCUT2D eigenvalue weighted by Gasteiger charge is -2.17. The van der Waals surface area contributed by atoms with Crippen molar-refractivity contribution >= 4 is 33.3 Å². The predicted octanol–water partition coefficient (Wildman–Crippen LogP) is 2.08. The minimum atomic E-state index is -4.06. The number of carboxylic acid groups (broad SMARTS) is 1. The van der Waals surface area contributed by atoms with E-state index in [1.807, 2.05) is 0 Å². The van der Waals surface area contributed by atoms with E-state index in [1.165, 1.54) is 12.1 Å². The van der Waals surface area contributed by atoms with Gasteiger partial charge in [-0.15, -0.1) is 0 Å². The Labute approximate surface area is 183 Å². The average Bonchev–Trinajstić information content (AvgIpc) is 3.04. The van der Waals surface area contributed by atoms with Crippen LogP contribution in [0, 0.1) is 0 Å². The number of sulfone groups is 1. The third kappa shape index (κ3) is 3.42. The van der Waals surface area contributed by atoms with E-state index in [4.69, 9.17) is 4.74 Å². The third-order valence-electron chi connectivity index (χ3n) is 4.97. The number of fused-ring (bicyclic) bond motifs is 1. The van der Waals surface area contributed by atoms with Gasteiger partial charge in [0.05, 0.1) is 39.2 Å². The van der Waals surface area contributed by atoms with Gasteiger partial charge in [-0.1, -0.05) is 24.3 Å². The summed E-state index contributed by atoms with van der Waals surface area (Å²) in [4.78, 5) is 37.5. The molecule has 0 unspecified atom stereocenters. The molecule has 1 aliphatic rings. The first-order valence-electron chi connectivity index (χ1n) is 9.57. The maximum Gasteiger partial charge on any atom is 0.266 e. The predicted molar refractivity (Wildman–Crippen MR) is 111 cm³/mol. The number of para-hydroxylation sites is 2. The number of aromatic carboxylic acids is 1. The molecule has 162 valence electrons. The molecule has 0 spiro atoms. The molecule has 4 rings (SSSR count). The van der Waals surface area contributed by atoms with Crippen molar-refractivity contribution in [3.05, 3.63) is 83.4 Å². The Kier molecular flexibility index (Phi) is 5.27. The van der Waals surface area contributed by atoms with Gasteiger partial charge in [-0.3, -0.25) is 9.59 Å². The average molecular weight is 450 g/mol. The zero-order valence-corrected chi connectivity index (χ0v) is 17.6. The molecule has 0 fully saturated rings. The first-order chi connectivity index (χ1) is 15.3. The number of imide groups is 1. The van der Waals surface area contributed by atoms with Crippen LogP contribution >= 0.6 is 0 Å². The maximum absolute atomic E-state index is 13.1. The number of carboxylic acids is 1. The minimum Gasteiger partial charge on any atom is -0.545 e. The number of nitrogens with zero attached hydrogens (tertiary/aromatic N) is 1. The minimum absolute atomic E-state index is 0.0475. The second-order valence-electron chi connectivity index (χ2n) is 6.87. The summed E-state index contributed by atoms with van der Waals surface area (Å²) in [6.45, 7) is 2.11. The van der Waals surface area contributed by atoms with Crippen molar-refractivity contribution < 1.29 is 32.6 Å². The molecule has 0 N–H and O–H groups in total. The monoisotopic (exact) mass is 450 g/mol. The van der Waals surface area contributed by atoms with Crippen LogP contribution in [0.25, 0.3) is 0 Å². The van der Waals surface area contributed by atoms with Crippen molar-refractivity contribution in [1.82, 2.24) is 0 Å². The van der Waals surface area contributed by atoms with Gasteiger partial charge in [-0.05, 0) is 55.0 Å². The summed E-state index contributed by atoms with van der Waals surface area (Å²) >= 11 is 0. The molecule has 3 aromatic rings. The number of carbonyl (C=O) groups excluding carboxylic acids is 3. The first-order valence-corrected chi connectivity index (χ1v) is 11.0. The highest BCUT2D eigenvalue weighted by molar-refractivity contribution is 7.91. The summed E-state index contributed by atoms with van der Waals surface area (Å²) < 4.78 is 31.5. The Morgan fingerprint density at radius 3 is 2.19 bits per heavy atom. The molecule has 0 saturated heterocycles. The molecule has 8 nitrogen and oxygen atoms in total. The Bertz CT molecular complexity index is 1360. The number of hydrogen-bond donors (Lipinski definition) is 0. The molecule has 0 radical (unpaired) electrons. The summed E-state index contributed by atoms with van der Waals surface area (Å²) in [5.74, 6) is -2.32. The van der Waals surface area contributed by atoms with Gasteiger partial charge < -0.3 is 14.6 Å². The van der Waals surface area contributed by atoms with Crippen LogP contribution in [0.4, 0.5) is 5.69 Å². The number of amides is 2. The topological polar surface area (TPSA) is 121 Å². The normalized spacial score (nSPS) is 13.2. The van der Waals surface area contributed by atoms with E-state index in [9.17, 15) is 27.9 Å². The van der Waals surface area contributed by atoms with Crippen LogP contribution in [0.1, 0.15) is 38.0 Å². The van der Waals surface area contributed by atoms with Crippen molar-refractivity contribution in [1.29, 1.82) is 0 Å². The largest absolute Gasteiger partial charge is 0.545 e. The van der Waals surface area contributed by atoms with Crippen molar-refractivity contribution in [2.45, 2.75) is 16.7 Å². The number of hydrogen-bond acceptors (Lipinski definition) is 7. The van der Waals surface area contributed by atoms with Crippen LogP contribution in [-0.2, 0) is 9.84 Å². The first kappa shape index (κ1) is 21.3. The van der Waals surface area contributed by atoms with Gasteiger partial charge in [0.15, 0.2) is 0 Å². The van der Waals surface area contributed by atoms with E-state index in [0.717, 1.165) is 35.2 Å². The van der Waals surface area contributed by atoms with Gasteiger partial charge in [0.2, 0.25) is 9.84 Å². The number of rotatable bonds is 6. The highest BCUT2D eigenvalue weighted by atomic mass is 32.2. The lowest BCUT2D eigenvalue weighted by Crippen LogP contribution is -2.29. The van der Waals surface area contributed by atoms with E-state index >= 15 is 0 Å². The van der Waals surface area contributed by atoms with Gasteiger partial charge in [0, 0.05) is 0 Å². The van der Waals surface area contributed by atoms with Crippen LogP contribution in [0.5, 0.6) is 5.75 Å². The Morgan fingerprint density at radius 1 is 0.906 bits per heavy atom. The zero-order chi connectivity index (χ0) is 23.0. The lowest BCUT2D eigenvalue weighted by molar-refractivity contribution is -0.255. The van der Waals surface area contributed by atoms with E-state index in [0.29, 0.717) is 12.4 Å². The van der Waals surface area contributed by atoms with Gasteiger partial charge in [0.25, 0.3) is 11.8 Å². The molecular formula is C23H16NO7S-. The fraction of sp³-hybridized carbons (Fsp3) is 0.0870. The van der Waals surface area contributed by atoms with Crippen molar-refractivity contribution in [3.63, 3.8) is 0 Å². The highest BCUT2D eigenvalue weighted by Crippen LogP contribution is 2.36. The van der Waals surface area contributed by atoms with Gasteiger partial charge >= 0.3 is 0 Å². The van der Waals surface area contributed by atoms with Crippen molar-refractivity contribution in [3.8, 4) is 5.75 Å². The number of ether oxygens (including phenoxy) is 1. The van der Waals surface area contributed by atoms with Gasteiger partial charge in [-0.25, -0.2) is 13.3 Å². The number of anilines is 1. The zero-order valence-electron chi connectivity index (χ0n) is 16.8. The Morgan fingerprint density at radius 2 is 1.53 bits per heavy atom. The SMILES string of the molecule is CCOc1ccccc1N1C(=O)c2ccc(S(=O)(=O)c3ccc(C(=O)[O-])cc3)cc2C1=O. The van der Waals surface area contributed by atoms with Gasteiger partial charge in [-0.2, -0.15) is 0 Å². The third-order valence-corrected chi connectivity index (χ3v) is 6.74. The quantitative estimate of drug-likeness (QED) is 0.527. The molecule has 0 saturated carbocycles. The van der Waals surface area contributed by atoms with E-state index in [-0.39, 0.29) is 32.2 Å². The molecule has 0 aliphatic carbocycles. The van der Waals surface area contributed by atoms with Crippen LogP contribution in [0.3, 0.4) is 0 Å². The highest BCUT2D eigenvalue weighted by Gasteiger charge is 2.39. The molecule has 0 atom stereocenters. The fourth-order valence-corrected chi connectivity index (χ4v) is 4.72. The van der Waals surface area contributed by atoms with Crippen molar-refractivity contribution in [2.24, 2.45) is 0 Å². The fourth-order valence-electron chi connectivity index (χ4n) is 3.43. The van der Waals surface area contributed by atoms with Crippen LogP contribution in [-0.4, -0.2) is 32.8 Å². The number of carbonyl (C=O) groups is 3. The Hall–Kier alpha value is -3.98. The summed E-state index contributed by atoms with van der Waals surface area (Å²) in [6.07, 6.45) is 0. The second kappa shape index (κ2) is 7.93. The van der Waals surface area contributed by atoms with Crippen molar-refractivity contribution in [2.75, 3.05) is 11.5 Å². The standard InChI is InChI=1S/C23H17NO7S/c1-2-31-20-6-4-3-5-19(20)24-21(25)17-12-11-16(13-18(17)22(24)26)32(29,30)15-9-7-14(8-10-15)23(27)28/h3-13H,2H2,1H3,(H,27,28)/p-1. The molecule has 9 heteroatoms. The van der Waals surface area contributed by atoms with E-state index in [2.05, 4.69) is 0 Å². The molecule has 32 heavy (non-hydrogen) atoms. The summed E-state index contributed by atoms with van der Waals surface area (Å²) in [5, 5.41) is 10.9. The summed E-state index contributed by atoms with van der Waals surface area (Å²) in [7, 11) is -4.06. The summed E-state index contributed by atoms with van der Waals surface area (Å²) in [5.41, 5.74) is 0.131. The second-order valence-corrected chi connectivity index (χ2v) is 8.82.